The molecule has 1 radical (unpaired) electrons. The molecule has 0 nitrogen and oxygen atoms in total. The van der Waals surface area contributed by atoms with Crippen molar-refractivity contribution in [1.29, 1.82) is 0 Å². The SMILES string of the molecule is C[Si](C)(C)c1ccc([Si](c2ccc([Si](C)(C)C)cc2)c2ccc([Si](C)(C)C)cc2)cc1. The summed E-state index contributed by atoms with van der Waals surface area (Å²) in [5.74, 6) is 0. The highest BCUT2D eigenvalue weighted by atomic mass is 28.3. The van der Waals surface area contributed by atoms with Crippen LogP contribution in [0, 0.1) is 0 Å². The van der Waals surface area contributed by atoms with Gasteiger partial charge in [-0.3, -0.25) is 0 Å². The van der Waals surface area contributed by atoms with Crippen LogP contribution in [-0.2, 0) is 0 Å². The predicted molar refractivity (Wildman–Crippen MR) is 153 cm³/mol. The fourth-order valence-corrected chi connectivity index (χ4v) is 9.91. The fraction of sp³-hybridized carbons (Fsp3) is 0.333. The Morgan fingerprint density at radius 3 is 0.710 bits per heavy atom. The second-order valence-corrected chi connectivity index (χ2v) is 29.6. The van der Waals surface area contributed by atoms with Crippen molar-refractivity contribution in [2.24, 2.45) is 0 Å². The van der Waals surface area contributed by atoms with Crippen LogP contribution in [0.3, 0.4) is 0 Å². The molecule has 0 unspecified atom stereocenters. The third kappa shape index (κ3) is 5.86. The lowest BCUT2D eigenvalue weighted by Crippen LogP contribution is -2.53. The van der Waals surface area contributed by atoms with E-state index < -0.39 is 33.0 Å². The molecule has 0 heterocycles. The topological polar surface area (TPSA) is 0 Å². The maximum atomic E-state index is 2.43. The molecule has 0 N–H and O–H groups in total. The van der Waals surface area contributed by atoms with Gasteiger partial charge >= 0.3 is 0 Å². The summed E-state index contributed by atoms with van der Waals surface area (Å²) < 4.78 is 0. The number of hydrogen-bond acceptors (Lipinski definition) is 0. The predicted octanol–water partition coefficient (Wildman–Crippen LogP) is 3.84. The van der Waals surface area contributed by atoms with Gasteiger partial charge in [0.2, 0.25) is 0 Å². The zero-order valence-electron chi connectivity index (χ0n) is 20.9. The normalized spacial score (nSPS) is 13.0. The van der Waals surface area contributed by atoms with E-state index in [2.05, 4.69) is 132 Å². The maximum absolute atomic E-state index is 2.43. The second-order valence-electron chi connectivity index (χ2n) is 11.9. The average molecular weight is 476 g/mol. The van der Waals surface area contributed by atoms with E-state index in [0.29, 0.717) is 0 Å². The summed E-state index contributed by atoms with van der Waals surface area (Å²) in [6.07, 6.45) is 0. The first-order valence-corrected chi connectivity index (χ1v) is 23.5. The summed E-state index contributed by atoms with van der Waals surface area (Å²) in [6.45, 7) is 21.9. The Bertz CT molecular complexity index is 861. The maximum Gasteiger partial charge on any atom is 0.154 e. The van der Waals surface area contributed by atoms with Crippen LogP contribution in [-0.4, -0.2) is 33.0 Å². The molecule has 0 aliphatic heterocycles. The molecular formula is C27H39Si4. The van der Waals surface area contributed by atoms with Crippen molar-refractivity contribution in [3.8, 4) is 0 Å². The molecule has 3 aromatic carbocycles. The number of hydrogen-bond donors (Lipinski definition) is 0. The second kappa shape index (κ2) is 8.81. The van der Waals surface area contributed by atoms with Crippen LogP contribution in [0.5, 0.6) is 0 Å². The summed E-state index contributed by atoms with van der Waals surface area (Å²) in [5.41, 5.74) is 0. The molecule has 0 bridgehead atoms. The van der Waals surface area contributed by atoms with Crippen molar-refractivity contribution in [3.63, 3.8) is 0 Å². The molecule has 0 saturated heterocycles. The molecule has 31 heavy (non-hydrogen) atoms. The van der Waals surface area contributed by atoms with E-state index in [4.69, 9.17) is 0 Å². The Kier molecular flexibility index (Phi) is 6.87. The molecule has 0 atom stereocenters. The summed E-state index contributed by atoms with van der Waals surface area (Å²) in [7, 11) is -4.87. The molecule has 0 saturated carbocycles. The minimum atomic E-state index is -1.29. The van der Waals surface area contributed by atoms with Gasteiger partial charge in [-0.15, -0.1) is 0 Å². The van der Waals surface area contributed by atoms with Crippen molar-refractivity contribution in [2.45, 2.75) is 58.9 Å². The molecule has 3 aromatic rings. The van der Waals surface area contributed by atoms with Crippen LogP contribution in [0.15, 0.2) is 72.8 Å². The van der Waals surface area contributed by atoms with Crippen LogP contribution in [0.4, 0.5) is 0 Å². The van der Waals surface area contributed by atoms with E-state index in [1.54, 1.807) is 15.6 Å². The highest BCUT2D eigenvalue weighted by Gasteiger charge is 2.24. The van der Waals surface area contributed by atoms with Gasteiger partial charge in [-0.05, 0) is 0 Å². The molecular weight excluding hydrogens is 437 g/mol. The number of rotatable bonds is 6. The van der Waals surface area contributed by atoms with Crippen LogP contribution in [0.2, 0.25) is 58.9 Å². The van der Waals surface area contributed by atoms with E-state index in [0.717, 1.165) is 0 Å². The Labute approximate surface area is 195 Å². The van der Waals surface area contributed by atoms with Gasteiger partial charge in [0, 0.05) is 0 Å². The van der Waals surface area contributed by atoms with E-state index in [9.17, 15) is 0 Å². The van der Waals surface area contributed by atoms with Gasteiger partial charge in [-0.2, -0.15) is 0 Å². The Balaban J connectivity index is 2.08. The van der Waals surface area contributed by atoms with E-state index in [-0.39, 0.29) is 0 Å². The Hall–Kier alpha value is -1.47. The van der Waals surface area contributed by atoms with Crippen LogP contribution >= 0.6 is 0 Å². The average Bonchev–Trinajstić information content (AvgIpc) is 2.67. The van der Waals surface area contributed by atoms with Gasteiger partial charge in [-0.25, -0.2) is 0 Å². The summed E-state index contributed by atoms with van der Waals surface area (Å²) >= 11 is 0. The first kappa shape index (κ1) is 24.2. The molecule has 0 aromatic heterocycles. The first-order valence-electron chi connectivity index (χ1n) is 11.5. The van der Waals surface area contributed by atoms with Gasteiger partial charge in [0.25, 0.3) is 0 Å². The first-order chi connectivity index (χ1) is 14.3. The van der Waals surface area contributed by atoms with E-state index in [1.165, 1.54) is 15.6 Å². The van der Waals surface area contributed by atoms with Crippen molar-refractivity contribution in [3.05, 3.63) is 72.8 Å². The molecule has 0 amide bonds. The zero-order valence-corrected chi connectivity index (χ0v) is 24.9. The van der Waals surface area contributed by atoms with Gasteiger partial charge in [0.05, 0.1) is 24.2 Å². The lowest BCUT2D eigenvalue weighted by atomic mass is 10.3. The third-order valence-electron chi connectivity index (χ3n) is 6.12. The Morgan fingerprint density at radius 1 is 0.355 bits per heavy atom. The van der Waals surface area contributed by atoms with E-state index in [1.807, 2.05) is 0 Å². The molecule has 4 heteroatoms. The van der Waals surface area contributed by atoms with Crippen LogP contribution in [0.25, 0.3) is 0 Å². The third-order valence-corrected chi connectivity index (χ3v) is 15.0. The molecule has 0 aliphatic rings. The lowest BCUT2D eigenvalue weighted by Gasteiger charge is -2.23. The van der Waals surface area contributed by atoms with Crippen molar-refractivity contribution in [1.82, 2.24) is 0 Å². The van der Waals surface area contributed by atoms with Gasteiger partial charge in [-0.1, -0.05) is 163 Å². The Morgan fingerprint density at radius 2 is 0.548 bits per heavy atom. The highest BCUT2D eigenvalue weighted by molar-refractivity contribution is 6.96. The minimum absolute atomic E-state index is 1.02. The molecule has 163 valence electrons. The van der Waals surface area contributed by atoms with Crippen molar-refractivity contribution < 1.29 is 0 Å². The molecule has 0 spiro atoms. The molecule has 0 fully saturated rings. The van der Waals surface area contributed by atoms with Gasteiger partial charge < -0.3 is 0 Å². The van der Waals surface area contributed by atoms with Gasteiger partial charge in [0.1, 0.15) is 0 Å². The van der Waals surface area contributed by atoms with Gasteiger partial charge in [0.15, 0.2) is 8.80 Å². The summed E-state index contributed by atoms with van der Waals surface area (Å²) in [6, 6.07) is 28.9. The fourth-order valence-electron chi connectivity index (χ4n) is 3.91. The van der Waals surface area contributed by atoms with Crippen LogP contribution in [0.1, 0.15) is 0 Å². The molecule has 3 rings (SSSR count). The van der Waals surface area contributed by atoms with Crippen molar-refractivity contribution >= 4 is 64.1 Å². The zero-order chi connectivity index (χ0) is 23.0. The standard InChI is InChI=1S/C27H39Si4/c1-29(2,3)25-16-10-22(11-17-25)28(23-12-18-26(19-13-23)30(4,5)6)24-14-20-27(21-15-24)31(7,8)9/h10-21H,1-9H3. The highest BCUT2D eigenvalue weighted by Crippen LogP contribution is 2.05. The minimum Gasteiger partial charge on any atom is -0.0656 e. The van der Waals surface area contributed by atoms with E-state index >= 15 is 0 Å². The summed E-state index contributed by atoms with van der Waals surface area (Å²) in [4.78, 5) is 0. The smallest absolute Gasteiger partial charge is 0.0656 e. The lowest BCUT2D eigenvalue weighted by molar-refractivity contribution is 1.68. The van der Waals surface area contributed by atoms with Crippen LogP contribution < -0.4 is 31.1 Å². The summed E-state index contributed by atoms with van der Waals surface area (Å²) in [5, 5.41) is 9.11. The molecule has 0 aliphatic carbocycles. The number of benzene rings is 3. The van der Waals surface area contributed by atoms with Crippen molar-refractivity contribution in [2.75, 3.05) is 0 Å². The monoisotopic (exact) mass is 475 g/mol. The largest absolute Gasteiger partial charge is 0.154 e. The quantitative estimate of drug-likeness (QED) is 0.375.